The standard InChI is InChI=1S/ClH.Li.O4P2S/c;;1-5(2)7-6(3)4/h1H;;. The first kappa shape index (κ1) is 16.8. The number of hydrogen-bond acceptors (Lipinski definition) is 5. The minimum Gasteiger partial charge on any atom is -0.581 e. The fraction of sp³-hybridized carbons (Fsp3) is 0. The molecule has 2 unspecified atom stereocenters. The molecule has 4 nitrogen and oxygen atoms in total. The molecule has 0 amide bonds. The minimum absolute atomic E-state index is 0. The van der Waals surface area contributed by atoms with E-state index < -0.39 is 14.5 Å². The van der Waals surface area contributed by atoms with Crippen molar-refractivity contribution in [1.29, 1.82) is 0 Å². The summed E-state index contributed by atoms with van der Waals surface area (Å²) in [7, 11) is -5.64. The molecule has 0 fully saturated rings. The van der Waals surface area contributed by atoms with Gasteiger partial charge in [0, 0.05) is 18.9 Å². The van der Waals surface area contributed by atoms with Crippen molar-refractivity contribution in [2.75, 3.05) is 0 Å². The molecule has 9 heavy (non-hydrogen) atoms. The van der Waals surface area contributed by atoms with E-state index in [9.17, 15) is 18.9 Å². The van der Waals surface area contributed by atoms with E-state index in [1.54, 1.807) is 0 Å². The van der Waals surface area contributed by atoms with Gasteiger partial charge in [0.15, 0.2) is 0 Å². The van der Waals surface area contributed by atoms with Crippen LogP contribution in [-0.2, 0) is 9.13 Å². The SMILES string of the molecule is Cl.O=[P+]([O-])S[P+](=O)[O-].[Li]. The molecule has 0 rings (SSSR count). The quantitative estimate of drug-likeness (QED) is 0.456. The minimum atomic E-state index is -2.82. The normalized spacial score (nSPS) is 10.4. The molecule has 1 radical (unpaired) electrons. The molecule has 0 aliphatic heterocycles. The van der Waals surface area contributed by atoms with Crippen molar-refractivity contribution in [1.82, 2.24) is 0 Å². The van der Waals surface area contributed by atoms with Crippen LogP contribution in [0, 0.1) is 0 Å². The molecule has 0 heterocycles. The average molecular weight is 201 g/mol. The second-order valence-electron chi connectivity index (χ2n) is 0.529. The Morgan fingerprint density at radius 2 is 1.33 bits per heavy atom. The van der Waals surface area contributed by atoms with Crippen molar-refractivity contribution in [3.63, 3.8) is 0 Å². The van der Waals surface area contributed by atoms with Gasteiger partial charge in [-0.15, -0.1) is 12.4 Å². The van der Waals surface area contributed by atoms with Crippen LogP contribution in [0.15, 0.2) is 0 Å². The smallest absolute Gasteiger partial charge is 0.438 e. The van der Waals surface area contributed by atoms with E-state index in [0.29, 0.717) is 0 Å². The van der Waals surface area contributed by atoms with Crippen LogP contribution < -0.4 is 9.79 Å². The van der Waals surface area contributed by atoms with Gasteiger partial charge >= 0.3 is 25.5 Å². The Hall–Kier alpha value is 1.36. The third kappa shape index (κ3) is 17.6. The van der Waals surface area contributed by atoms with E-state index in [0.717, 1.165) is 0 Å². The molecule has 0 aromatic heterocycles. The molecule has 0 aliphatic rings. The Labute approximate surface area is 75.6 Å². The van der Waals surface area contributed by atoms with Crippen molar-refractivity contribution in [2.45, 2.75) is 0 Å². The Kier molecular flexibility index (Phi) is 17.4. The van der Waals surface area contributed by atoms with E-state index in [1.807, 2.05) is 0 Å². The Morgan fingerprint density at radius 3 is 1.33 bits per heavy atom. The summed E-state index contributed by atoms with van der Waals surface area (Å²) in [6, 6.07) is 0. The van der Waals surface area contributed by atoms with Crippen molar-refractivity contribution in [2.24, 2.45) is 0 Å². The zero-order valence-electron chi connectivity index (χ0n) is 4.34. The summed E-state index contributed by atoms with van der Waals surface area (Å²) >= 11 is -0.0833. The van der Waals surface area contributed by atoms with Crippen molar-refractivity contribution >= 4 is 56.7 Å². The summed E-state index contributed by atoms with van der Waals surface area (Å²) in [6.07, 6.45) is 0. The summed E-state index contributed by atoms with van der Waals surface area (Å²) in [4.78, 5) is 18.9. The summed E-state index contributed by atoms with van der Waals surface area (Å²) in [5.41, 5.74) is 0. The van der Waals surface area contributed by atoms with E-state index in [4.69, 9.17) is 0 Å². The third-order valence-electron chi connectivity index (χ3n) is 0.133. The van der Waals surface area contributed by atoms with E-state index in [-0.39, 0.29) is 42.3 Å². The molecular formula is HClLiO4P2S. The molecule has 0 bridgehead atoms. The monoisotopic (exact) mass is 201 g/mol. The molecule has 2 atom stereocenters. The molecule has 0 saturated carbocycles. The molecule has 0 aliphatic carbocycles. The van der Waals surface area contributed by atoms with E-state index in [2.05, 4.69) is 0 Å². The van der Waals surface area contributed by atoms with Crippen LogP contribution >= 0.6 is 37.9 Å². The molecule has 9 heteroatoms. The molecule has 0 saturated heterocycles. The Morgan fingerprint density at radius 1 is 1.11 bits per heavy atom. The van der Waals surface area contributed by atoms with Crippen LogP contribution in [0.2, 0.25) is 0 Å². The summed E-state index contributed by atoms with van der Waals surface area (Å²) < 4.78 is 18.9. The van der Waals surface area contributed by atoms with Crippen molar-refractivity contribution in [3.05, 3.63) is 0 Å². The summed E-state index contributed by atoms with van der Waals surface area (Å²) in [5.74, 6) is 0. The van der Waals surface area contributed by atoms with Gasteiger partial charge in [0.1, 0.15) is 0 Å². The first-order chi connectivity index (χ1) is 3.13. The first-order valence-corrected chi connectivity index (χ1v) is 5.48. The Bertz CT molecular complexity index is 94.7. The van der Waals surface area contributed by atoms with E-state index >= 15 is 0 Å². The number of rotatable bonds is 2. The van der Waals surface area contributed by atoms with Crippen LogP contribution in [-0.4, -0.2) is 18.9 Å². The molecule has 0 N–H and O–H groups in total. The van der Waals surface area contributed by atoms with Crippen LogP contribution in [0.1, 0.15) is 0 Å². The summed E-state index contributed by atoms with van der Waals surface area (Å²) in [5, 5.41) is 0. The maximum absolute atomic E-state index is 9.43. The Balaban J connectivity index is -0.000000180. The topological polar surface area (TPSA) is 80.3 Å². The van der Waals surface area contributed by atoms with Gasteiger partial charge in [0.05, 0.1) is 0 Å². The van der Waals surface area contributed by atoms with Crippen LogP contribution in [0.25, 0.3) is 0 Å². The molecule has 0 aromatic rings. The molecular weight excluding hydrogens is 200 g/mol. The van der Waals surface area contributed by atoms with Gasteiger partial charge in [0.25, 0.3) is 0 Å². The maximum Gasteiger partial charge on any atom is 0.438 e. The van der Waals surface area contributed by atoms with Crippen LogP contribution in [0.3, 0.4) is 0 Å². The van der Waals surface area contributed by atoms with Crippen LogP contribution in [0.5, 0.6) is 0 Å². The fourth-order valence-corrected chi connectivity index (χ4v) is 1.47. The van der Waals surface area contributed by atoms with Gasteiger partial charge in [-0.3, -0.25) is 0 Å². The maximum atomic E-state index is 9.43. The zero-order chi connectivity index (χ0) is 5.86. The zero-order valence-corrected chi connectivity index (χ0v) is 7.77. The van der Waals surface area contributed by atoms with Crippen LogP contribution in [0.4, 0.5) is 0 Å². The van der Waals surface area contributed by atoms with Crippen molar-refractivity contribution in [3.8, 4) is 0 Å². The average Bonchev–Trinajstić information content (AvgIpc) is 1.27. The molecule has 0 spiro atoms. The van der Waals surface area contributed by atoms with Gasteiger partial charge in [0.2, 0.25) is 0 Å². The predicted molar refractivity (Wildman–Crippen MR) is 35.8 cm³/mol. The number of halogens is 1. The van der Waals surface area contributed by atoms with Gasteiger partial charge < -0.3 is 9.79 Å². The fourth-order valence-electron chi connectivity index (χ4n) is 0.0544. The van der Waals surface area contributed by atoms with Crippen molar-refractivity contribution < 1.29 is 18.9 Å². The van der Waals surface area contributed by atoms with E-state index in [1.165, 1.54) is 0 Å². The van der Waals surface area contributed by atoms with Gasteiger partial charge in [-0.05, 0) is 0 Å². The van der Waals surface area contributed by atoms with Gasteiger partial charge in [-0.2, -0.15) is 0 Å². The number of hydrogen-bond donors (Lipinski definition) is 0. The third-order valence-corrected chi connectivity index (χ3v) is 3.60. The first-order valence-electron chi connectivity index (χ1n) is 1.10. The summed E-state index contributed by atoms with van der Waals surface area (Å²) in [6.45, 7) is 0. The predicted octanol–water partition coefficient (Wildman–Crippen LogP) is -0.204. The second kappa shape index (κ2) is 9.36. The van der Waals surface area contributed by atoms with Gasteiger partial charge in [-0.25, -0.2) is 0 Å². The van der Waals surface area contributed by atoms with Gasteiger partial charge in [-0.1, -0.05) is 9.13 Å². The largest absolute Gasteiger partial charge is 0.581 e. The molecule has 49 valence electrons. The molecule has 0 aromatic carbocycles. The second-order valence-corrected chi connectivity index (χ2v) is 5.34.